The van der Waals surface area contributed by atoms with Gasteiger partial charge in [0.15, 0.2) is 0 Å². The van der Waals surface area contributed by atoms with Crippen LogP contribution in [0.15, 0.2) is 18.5 Å². The van der Waals surface area contributed by atoms with Gasteiger partial charge in [-0.05, 0) is 60.1 Å². The molecule has 1 aromatic rings. The summed E-state index contributed by atoms with van der Waals surface area (Å²) in [6, 6.07) is 1.67. The Kier molecular flexibility index (Phi) is 5.17. The number of pyridine rings is 1. The molecule has 0 unspecified atom stereocenters. The number of aryl methyl sites for hydroxylation is 1. The lowest BCUT2D eigenvalue weighted by atomic mass is 10.2. The van der Waals surface area contributed by atoms with Gasteiger partial charge in [-0.15, -0.1) is 0 Å². The molecule has 0 bridgehead atoms. The highest BCUT2D eigenvalue weighted by Crippen LogP contribution is 2.21. The number of aromatic nitrogens is 1. The lowest BCUT2D eigenvalue weighted by Crippen LogP contribution is -2.43. The Morgan fingerprint density at radius 1 is 0.955 bits per heavy atom. The van der Waals surface area contributed by atoms with Gasteiger partial charge in [0.25, 0.3) is 0 Å². The van der Waals surface area contributed by atoms with E-state index in [1.165, 1.54) is 6.20 Å². The van der Waals surface area contributed by atoms with Gasteiger partial charge in [0.2, 0.25) is 0 Å². The highest BCUT2D eigenvalue weighted by atomic mass is 16.6. The maximum Gasteiger partial charge on any atom is 0.424 e. The van der Waals surface area contributed by atoms with Crippen LogP contribution >= 0.6 is 0 Å². The summed E-state index contributed by atoms with van der Waals surface area (Å²) in [5.74, 6) is 0. The van der Waals surface area contributed by atoms with Crippen LogP contribution in [-0.2, 0) is 9.47 Å². The molecule has 0 atom stereocenters. The van der Waals surface area contributed by atoms with Crippen molar-refractivity contribution in [2.45, 2.75) is 59.7 Å². The molecule has 0 aliphatic carbocycles. The number of ether oxygens (including phenoxy) is 2. The molecule has 6 nitrogen and oxygen atoms in total. The quantitative estimate of drug-likeness (QED) is 0.782. The van der Waals surface area contributed by atoms with E-state index in [1.54, 1.807) is 53.8 Å². The summed E-state index contributed by atoms with van der Waals surface area (Å²) in [5, 5.41) is 0. The van der Waals surface area contributed by atoms with E-state index in [1.807, 2.05) is 6.92 Å². The Morgan fingerprint density at radius 3 is 1.77 bits per heavy atom. The SMILES string of the molecule is Cc1cncc(N(C(=O)OC(C)(C)C)C(=O)OC(C)(C)C)c1. The number of nitrogens with zero attached hydrogens (tertiary/aromatic N) is 2. The molecule has 0 N–H and O–H groups in total. The minimum Gasteiger partial charge on any atom is -0.443 e. The first-order valence-electron chi connectivity index (χ1n) is 7.07. The third-order valence-electron chi connectivity index (χ3n) is 2.27. The summed E-state index contributed by atoms with van der Waals surface area (Å²) in [5.41, 5.74) is -0.332. The Hall–Kier alpha value is -2.11. The molecular formula is C16H24N2O4. The summed E-state index contributed by atoms with van der Waals surface area (Å²) in [6.07, 6.45) is 1.45. The minimum absolute atomic E-state index is 0.309. The lowest BCUT2D eigenvalue weighted by Gasteiger charge is -2.28. The first-order chi connectivity index (χ1) is 9.89. The standard InChI is InChI=1S/C16H24N2O4/c1-11-8-12(10-17-9-11)18(13(19)21-15(2,3)4)14(20)22-16(5,6)7/h8-10H,1-7H3. The molecule has 0 radical (unpaired) electrons. The second-order valence-electron chi connectivity index (χ2n) is 7.02. The molecule has 2 amide bonds. The van der Waals surface area contributed by atoms with Crippen molar-refractivity contribution < 1.29 is 19.1 Å². The van der Waals surface area contributed by atoms with E-state index in [-0.39, 0.29) is 0 Å². The van der Waals surface area contributed by atoms with Gasteiger partial charge >= 0.3 is 12.2 Å². The molecule has 0 fully saturated rings. The zero-order chi connectivity index (χ0) is 17.1. The Bertz CT molecular complexity index is 528. The van der Waals surface area contributed by atoms with Crippen LogP contribution in [0.3, 0.4) is 0 Å². The fourth-order valence-corrected chi connectivity index (χ4v) is 1.56. The predicted octanol–water partition coefficient (Wildman–Crippen LogP) is 4.07. The number of amides is 2. The molecule has 6 heteroatoms. The molecule has 0 aliphatic rings. The number of anilines is 1. The number of hydrogen-bond donors (Lipinski definition) is 0. The van der Waals surface area contributed by atoms with Gasteiger partial charge in [-0.2, -0.15) is 4.90 Å². The second-order valence-corrected chi connectivity index (χ2v) is 7.02. The summed E-state index contributed by atoms with van der Waals surface area (Å²) in [6.45, 7) is 12.2. The van der Waals surface area contributed by atoms with Crippen molar-refractivity contribution in [2.75, 3.05) is 4.90 Å². The smallest absolute Gasteiger partial charge is 0.424 e. The van der Waals surface area contributed by atoms with Crippen molar-refractivity contribution >= 4 is 17.9 Å². The number of carbonyl (C=O) groups is 2. The fourth-order valence-electron chi connectivity index (χ4n) is 1.56. The molecule has 122 valence electrons. The number of rotatable bonds is 1. The van der Waals surface area contributed by atoms with Crippen LogP contribution < -0.4 is 4.90 Å². The Balaban J connectivity index is 3.15. The maximum atomic E-state index is 12.4. The van der Waals surface area contributed by atoms with E-state index in [0.717, 1.165) is 10.5 Å². The number of imide groups is 1. The minimum atomic E-state index is -0.797. The van der Waals surface area contributed by atoms with Gasteiger partial charge in [-0.25, -0.2) is 9.59 Å². The van der Waals surface area contributed by atoms with E-state index < -0.39 is 23.4 Å². The molecule has 0 aliphatic heterocycles. The molecule has 0 saturated carbocycles. The number of carbonyl (C=O) groups excluding carboxylic acids is 2. The van der Waals surface area contributed by atoms with Gasteiger partial charge in [0, 0.05) is 6.20 Å². The van der Waals surface area contributed by atoms with E-state index in [0.29, 0.717) is 5.69 Å². The third-order valence-corrected chi connectivity index (χ3v) is 2.27. The van der Waals surface area contributed by atoms with Crippen LogP contribution in [0.1, 0.15) is 47.1 Å². The zero-order valence-corrected chi connectivity index (χ0v) is 14.3. The molecule has 1 aromatic heterocycles. The lowest BCUT2D eigenvalue weighted by molar-refractivity contribution is 0.0430. The summed E-state index contributed by atoms with van der Waals surface area (Å²) < 4.78 is 10.6. The molecule has 1 heterocycles. The molecular weight excluding hydrogens is 284 g/mol. The van der Waals surface area contributed by atoms with E-state index in [9.17, 15) is 9.59 Å². The molecule has 22 heavy (non-hydrogen) atoms. The maximum absolute atomic E-state index is 12.4. The summed E-state index contributed by atoms with van der Waals surface area (Å²) >= 11 is 0. The molecule has 0 aromatic carbocycles. The van der Waals surface area contributed by atoms with Crippen LogP contribution in [0.4, 0.5) is 15.3 Å². The van der Waals surface area contributed by atoms with Gasteiger partial charge in [0.05, 0.1) is 11.9 Å². The molecule has 0 spiro atoms. The largest absolute Gasteiger partial charge is 0.443 e. The Morgan fingerprint density at radius 2 is 1.41 bits per heavy atom. The van der Waals surface area contributed by atoms with Gasteiger partial charge < -0.3 is 9.47 Å². The second kappa shape index (κ2) is 6.34. The van der Waals surface area contributed by atoms with Crippen molar-refractivity contribution in [1.82, 2.24) is 4.98 Å². The Labute approximate surface area is 131 Å². The fraction of sp³-hybridized carbons (Fsp3) is 0.562. The average molecular weight is 308 g/mol. The normalized spacial score (nSPS) is 11.8. The van der Waals surface area contributed by atoms with Crippen LogP contribution in [0, 0.1) is 6.92 Å². The van der Waals surface area contributed by atoms with Gasteiger partial charge in [0.1, 0.15) is 11.2 Å². The van der Waals surface area contributed by atoms with Crippen molar-refractivity contribution in [3.05, 3.63) is 24.0 Å². The first-order valence-corrected chi connectivity index (χ1v) is 7.07. The van der Waals surface area contributed by atoms with Crippen LogP contribution in [-0.4, -0.2) is 28.4 Å². The monoisotopic (exact) mass is 308 g/mol. The summed E-state index contributed by atoms with van der Waals surface area (Å²) in [4.78, 5) is 29.6. The average Bonchev–Trinajstić information content (AvgIpc) is 2.23. The first kappa shape index (κ1) is 17.9. The van der Waals surface area contributed by atoms with Crippen molar-refractivity contribution in [3.63, 3.8) is 0 Å². The van der Waals surface area contributed by atoms with Crippen LogP contribution in [0.5, 0.6) is 0 Å². The van der Waals surface area contributed by atoms with E-state index >= 15 is 0 Å². The van der Waals surface area contributed by atoms with Crippen molar-refractivity contribution in [1.29, 1.82) is 0 Å². The van der Waals surface area contributed by atoms with E-state index in [4.69, 9.17) is 9.47 Å². The number of hydrogen-bond acceptors (Lipinski definition) is 5. The predicted molar refractivity (Wildman–Crippen MR) is 83.9 cm³/mol. The molecule has 1 rings (SSSR count). The van der Waals surface area contributed by atoms with Gasteiger partial charge in [-0.1, -0.05) is 0 Å². The highest BCUT2D eigenvalue weighted by molar-refractivity contribution is 6.09. The molecule has 0 saturated heterocycles. The van der Waals surface area contributed by atoms with Gasteiger partial charge in [-0.3, -0.25) is 4.98 Å². The van der Waals surface area contributed by atoms with Crippen molar-refractivity contribution in [2.24, 2.45) is 0 Å². The van der Waals surface area contributed by atoms with Crippen LogP contribution in [0.2, 0.25) is 0 Å². The van der Waals surface area contributed by atoms with Crippen LogP contribution in [0.25, 0.3) is 0 Å². The third kappa shape index (κ3) is 5.71. The van der Waals surface area contributed by atoms with Crippen molar-refractivity contribution in [3.8, 4) is 0 Å². The zero-order valence-electron chi connectivity index (χ0n) is 14.3. The highest BCUT2D eigenvalue weighted by Gasteiger charge is 2.32. The van der Waals surface area contributed by atoms with E-state index in [2.05, 4.69) is 4.98 Å². The summed E-state index contributed by atoms with van der Waals surface area (Å²) in [7, 11) is 0. The topological polar surface area (TPSA) is 68.7 Å².